The Morgan fingerprint density at radius 2 is 2.47 bits per heavy atom. The van der Waals surface area contributed by atoms with Crippen LogP contribution in [-0.2, 0) is 4.79 Å². The molecule has 2 atom stereocenters. The summed E-state index contributed by atoms with van der Waals surface area (Å²) >= 11 is 0. The first-order valence-electron chi connectivity index (χ1n) is 5.18. The average Bonchev–Trinajstić information content (AvgIpc) is 2.52. The molecule has 2 rings (SSSR count). The minimum atomic E-state index is -0.732. The summed E-state index contributed by atoms with van der Waals surface area (Å²) in [5.41, 5.74) is 0.696. The number of carbonyl (C=O) groups is 2. The van der Waals surface area contributed by atoms with E-state index in [4.69, 9.17) is 5.26 Å². The van der Waals surface area contributed by atoms with Crippen molar-refractivity contribution in [2.45, 2.75) is 19.0 Å². The highest BCUT2D eigenvalue weighted by Gasteiger charge is 2.46. The quantitative estimate of drug-likeness (QED) is 0.382. The lowest BCUT2D eigenvalue weighted by Crippen LogP contribution is -2.50. The van der Waals surface area contributed by atoms with Gasteiger partial charge in [-0.1, -0.05) is 6.08 Å². The molecule has 17 heavy (non-hydrogen) atoms. The molecule has 0 aromatic heterocycles. The number of hydrogen-bond acceptors (Lipinski definition) is 4. The molecule has 0 aromatic carbocycles. The highest BCUT2D eigenvalue weighted by atomic mass is 16.5. The molecule has 0 aromatic rings. The second kappa shape index (κ2) is 4.07. The number of amides is 3. The van der Waals surface area contributed by atoms with Crippen LogP contribution in [0.3, 0.4) is 0 Å². The van der Waals surface area contributed by atoms with Crippen molar-refractivity contribution in [3.05, 3.63) is 11.6 Å². The van der Waals surface area contributed by atoms with Gasteiger partial charge in [-0.2, -0.15) is 10.3 Å². The minimum absolute atomic E-state index is 0.100. The monoisotopic (exact) mass is 236 g/mol. The zero-order valence-electron chi connectivity index (χ0n) is 9.25. The maximum Gasteiger partial charge on any atom is 0.345 e. The Morgan fingerprint density at radius 3 is 3.12 bits per heavy atom. The summed E-state index contributed by atoms with van der Waals surface area (Å²) < 4.78 is 0. The van der Waals surface area contributed by atoms with Gasteiger partial charge in [0.25, 0.3) is 0 Å². The van der Waals surface area contributed by atoms with Crippen LogP contribution in [0.15, 0.2) is 11.6 Å². The number of rotatable bonds is 2. The van der Waals surface area contributed by atoms with Crippen LogP contribution in [-0.4, -0.2) is 52.3 Å². The van der Waals surface area contributed by atoms with Crippen molar-refractivity contribution in [2.24, 2.45) is 0 Å². The molecule has 90 valence electrons. The number of fused-ring (bicyclic) bond motifs is 2. The molecule has 0 radical (unpaired) electrons. The molecule has 2 aliphatic heterocycles. The van der Waals surface area contributed by atoms with E-state index in [0.29, 0.717) is 10.6 Å². The van der Waals surface area contributed by atoms with E-state index in [9.17, 15) is 14.8 Å². The summed E-state index contributed by atoms with van der Waals surface area (Å²) in [6.07, 6.45) is 1.69. The van der Waals surface area contributed by atoms with Gasteiger partial charge in [-0.15, -0.1) is 0 Å². The van der Waals surface area contributed by atoms with Crippen molar-refractivity contribution >= 4 is 11.9 Å². The molecule has 1 fully saturated rings. The standard InChI is InChI=1S/C10H12N4O3/c1-6-4-7-5-13(10(16)14(7)17)8(6)9(15)12-3-2-11/h4,7-8,17H,3,5H2,1H3,(H,12,15)/t7-,8+/m1/s1. The van der Waals surface area contributed by atoms with Crippen molar-refractivity contribution in [1.29, 1.82) is 5.26 Å². The molecular formula is C10H12N4O3. The molecule has 0 aliphatic carbocycles. The van der Waals surface area contributed by atoms with Gasteiger partial charge in [0.2, 0.25) is 5.91 Å². The van der Waals surface area contributed by atoms with E-state index in [1.165, 1.54) is 4.90 Å². The summed E-state index contributed by atoms with van der Waals surface area (Å²) in [7, 11) is 0. The lowest BCUT2D eigenvalue weighted by Gasteiger charge is -2.28. The molecular weight excluding hydrogens is 224 g/mol. The summed E-state index contributed by atoms with van der Waals surface area (Å²) in [6.45, 7) is 1.91. The first-order valence-corrected chi connectivity index (χ1v) is 5.18. The smallest absolute Gasteiger partial charge is 0.341 e. The van der Waals surface area contributed by atoms with Crippen LogP contribution < -0.4 is 5.32 Å². The topological polar surface area (TPSA) is 96.7 Å². The van der Waals surface area contributed by atoms with Crippen molar-refractivity contribution in [2.75, 3.05) is 13.1 Å². The largest absolute Gasteiger partial charge is 0.345 e. The number of nitrogens with zero attached hydrogens (tertiary/aromatic N) is 3. The Morgan fingerprint density at radius 1 is 1.76 bits per heavy atom. The fourth-order valence-electron chi connectivity index (χ4n) is 2.18. The maximum absolute atomic E-state index is 11.8. The predicted molar refractivity (Wildman–Crippen MR) is 55.7 cm³/mol. The Hall–Kier alpha value is -2.07. The lowest BCUT2D eigenvalue weighted by atomic mass is 10.00. The number of carbonyl (C=O) groups excluding carboxylic acids is 2. The molecule has 2 heterocycles. The van der Waals surface area contributed by atoms with Gasteiger partial charge in [-0.05, 0) is 12.5 Å². The molecule has 2 aliphatic rings. The highest BCUT2D eigenvalue weighted by Crippen LogP contribution is 2.27. The van der Waals surface area contributed by atoms with E-state index in [0.717, 1.165) is 0 Å². The van der Waals surface area contributed by atoms with Crippen molar-refractivity contribution in [1.82, 2.24) is 15.3 Å². The van der Waals surface area contributed by atoms with Crippen molar-refractivity contribution in [3.8, 4) is 6.07 Å². The summed E-state index contributed by atoms with van der Waals surface area (Å²) in [5.74, 6) is -0.401. The highest BCUT2D eigenvalue weighted by molar-refractivity contribution is 5.91. The predicted octanol–water partition coefficient (Wildman–Crippen LogP) is -0.550. The fourth-order valence-corrected chi connectivity index (χ4v) is 2.18. The molecule has 2 bridgehead atoms. The Kier molecular flexibility index (Phi) is 2.73. The third-order valence-corrected chi connectivity index (χ3v) is 2.93. The van der Waals surface area contributed by atoms with Gasteiger partial charge < -0.3 is 10.2 Å². The number of urea groups is 1. The Labute approximate surface area is 97.9 Å². The van der Waals surface area contributed by atoms with E-state index in [-0.39, 0.29) is 19.1 Å². The fraction of sp³-hybridized carbons (Fsp3) is 0.500. The van der Waals surface area contributed by atoms with Gasteiger partial charge in [0.1, 0.15) is 12.6 Å². The third-order valence-electron chi connectivity index (χ3n) is 2.93. The number of hydroxylamine groups is 2. The van der Waals surface area contributed by atoms with E-state index in [1.54, 1.807) is 19.1 Å². The van der Waals surface area contributed by atoms with Crippen molar-refractivity contribution < 1.29 is 14.8 Å². The minimum Gasteiger partial charge on any atom is -0.341 e. The van der Waals surface area contributed by atoms with Gasteiger partial charge >= 0.3 is 6.03 Å². The van der Waals surface area contributed by atoms with Gasteiger partial charge in [0, 0.05) is 0 Å². The van der Waals surface area contributed by atoms with E-state index in [2.05, 4.69) is 5.32 Å². The molecule has 0 saturated carbocycles. The first-order chi connectivity index (χ1) is 8.06. The van der Waals surface area contributed by atoms with Crippen LogP contribution in [0.5, 0.6) is 0 Å². The van der Waals surface area contributed by atoms with Crippen LogP contribution >= 0.6 is 0 Å². The number of hydrogen-bond donors (Lipinski definition) is 2. The molecule has 2 N–H and O–H groups in total. The van der Waals surface area contributed by atoms with E-state index < -0.39 is 18.0 Å². The maximum atomic E-state index is 11.8. The van der Waals surface area contributed by atoms with Crippen LogP contribution in [0.2, 0.25) is 0 Å². The summed E-state index contributed by atoms with van der Waals surface area (Å²) in [5, 5.41) is 20.9. The van der Waals surface area contributed by atoms with Crippen LogP contribution in [0.4, 0.5) is 4.79 Å². The zero-order chi connectivity index (χ0) is 12.6. The number of nitriles is 1. The normalized spacial score (nSPS) is 26.6. The molecule has 1 saturated heterocycles. The van der Waals surface area contributed by atoms with Crippen LogP contribution in [0.25, 0.3) is 0 Å². The second-order valence-corrected chi connectivity index (χ2v) is 4.04. The summed E-state index contributed by atoms with van der Waals surface area (Å²) in [4.78, 5) is 24.8. The molecule has 7 heteroatoms. The summed E-state index contributed by atoms with van der Waals surface area (Å²) in [6, 6.07) is 0.0993. The molecule has 7 nitrogen and oxygen atoms in total. The van der Waals surface area contributed by atoms with Gasteiger partial charge in [-0.25, -0.2) is 4.79 Å². The molecule has 3 amide bonds. The number of nitrogens with one attached hydrogen (secondary N) is 1. The van der Waals surface area contributed by atoms with Gasteiger partial charge in [-0.3, -0.25) is 10.0 Å². The average molecular weight is 236 g/mol. The van der Waals surface area contributed by atoms with Crippen LogP contribution in [0.1, 0.15) is 6.92 Å². The van der Waals surface area contributed by atoms with Crippen molar-refractivity contribution in [3.63, 3.8) is 0 Å². The molecule has 0 spiro atoms. The first kappa shape index (κ1) is 11.4. The zero-order valence-corrected chi connectivity index (χ0v) is 9.25. The van der Waals surface area contributed by atoms with Gasteiger partial charge in [0.05, 0.1) is 18.7 Å². The Balaban J connectivity index is 2.21. The van der Waals surface area contributed by atoms with E-state index >= 15 is 0 Å². The van der Waals surface area contributed by atoms with Crippen LogP contribution in [0, 0.1) is 11.3 Å². The lowest BCUT2D eigenvalue weighted by molar-refractivity contribution is -0.124. The molecule has 0 unspecified atom stereocenters. The second-order valence-electron chi connectivity index (χ2n) is 4.04. The Bertz CT molecular complexity index is 439. The third kappa shape index (κ3) is 1.72. The van der Waals surface area contributed by atoms with E-state index in [1.807, 2.05) is 0 Å². The van der Waals surface area contributed by atoms with Gasteiger partial charge in [0.15, 0.2) is 0 Å². The SMILES string of the molecule is CC1=C[C@@H]2CN(C(=O)N2O)[C@@H]1C(=O)NCC#N.